The molecule has 0 aliphatic carbocycles. The summed E-state index contributed by atoms with van der Waals surface area (Å²) >= 11 is 0. The quantitative estimate of drug-likeness (QED) is 0.555. The summed E-state index contributed by atoms with van der Waals surface area (Å²) in [4.78, 5) is 0. The summed E-state index contributed by atoms with van der Waals surface area (Å²) in [6.07, 6.45) is 6.45. The van der Waals surface area contributed by atoms with Crippen molar-refractivity contribution in [3.63, 3.8) is 0 Å². The molecule has 1 nitrogen and oxygen atoms in total. The van der Waals surface area contributed by atoms with Crippen LogP contribution in [0.3, 0.4) is 0 Å². The lowest BCUT2D eigenvalue weighted by Crippen LogP contribution is -2.24. The average molecular weight is 197 g/mol. The van der Waals surface area contributed by atoms with E-state index in [1.165, 1.54) is 31.3 Å². The highest BCUT2D eigenvalue weighted by atomic mass is 14.9. The van der Waals surface area contributed by atoms with E-state index in [2.05, 4.69) is 32.7 Å². The van der Waals surface area contributed by atoms with Crippen LogP contribution < -0.4 is 5.32 Å². The van der Waals surface area contributed by atoms with Gasteiger partial charge in [0.2, 0.25) is 0 Å². The van der Waals surface area contributed by atoms with Gasteiger partial charge >= 0.3 is 0 Å². The maximum atomic E-state index is 4.00. The second kappa shape index (κ2) is 9.26. The third-order valence-electron chi connectivity index (χ3n) is 2.85. The molecule has 0 fully saturated rings. The van der Waals surface area contributed by atoms with E-state index >= 15 is 0 Å². The molecule has 0 rings (SSSR count). The summed E-state index contributed by atoms with van der Waals surface area (Å²) in [5, 5.41) is 3.50. The number of nitrogens with one attached hydrogen (secondary N) is 1. The average Bonchev–Trinajstić information content (AvgIpc) is 2.22. The van der Waals surface area contributed by atoms with Crippen molar-refractivity contribution in [2.45, 2.75) is 52.9 Å². The Balaban J connectivity index is 3.46. The van der Waals surface area contributed by atoms with Gasteiger partial charge in [-0.05, 0) is 25.3 Å². The van der Waals surface area contributed by atoms with Crippen molar-refractivity contribution >= 4 is 0 Å². The highest BCUT2D eigenvalue weighted by Gasteiger charge is 2.04. The van der Waals surface area contributed by atoms with E-state index in [9.17, 15) is 0 Å². The molecule has 84 valence electrons. The first-order valence-corrected chi connectivity index (χ1v) is 6.11. The Labute approximate surface area is 90.0 Å². The SMILES string of the molecule is C=C(CC)CNCC(CC)CCCC. The van der Waals surface area contributed by atoms with Crippen LogP contribution in [0, 0.1) is 5.92 Å². The van der Waals surface area contributed by atoms with Gasteiger partial charge in [-0.3, -0.25) is 0 Å². The predicted octanol–water partition coefficient (Wildman–Crippen LogP) is 3.76. The standard InChI is InChI=1S/C13H27N/c1-5-8-9-13(7-3)11-14-10-12(4)6-2/h13-14H,4-11H2,1-3H3. The number of unbranched alkanes of at least 4 members (excludes halogenated alkanes) is 1. The molecule has 0 saturated carbocycles. The topological polar surface area (TPSA) is 12.0 Å². The summed E-state index contributed by atoms with van der Waals surface area (Å²) < 4.78 is 0. The second-order valence-corrected chi connectivity index (χ2v) is 4.15. The fraction of sp³-hybridized carbons (Fsp3) is 0.846. The lowest BCUT2D eigenvalue weighted by atomic mass is 9.99. The van der Waals surface area contributed by atoms with E-state index in [-0.39, 0.29) is 0 Å². The van der Waals surface area contributed by atoms with E-state index in [4.69, 9.17) is 0 Å². The van der Waals surface area contributed by atoms with Crippen molar-refractivity contribution in [1.82, 2.24) is 5.32 Å². The van der Waals surface area contributed by atoms with E-state index in [0.29, 0.717) is 0 Å². The van der Waals surface area contributed by atoms with Crippen LogP contribution in [-0.4, -0.2) is 13.1 Å². The Morgan fingerprint density at radius 1 is 1.29 bits per heavy atom. The summed E-state index contributed by atoms with van der Waals surface area (Å²) in [5.74, 6) is 0.861. The molecule has 0 radical (unpaired) electrons. The first kappa shape index (κ1) is 13.7. The van der Waals surface area contributed by atoms with Gasteiger partial charge in [-0.15, -0.1) is 0 Å². The summed E-state index contributed by atoms with van der Waals surface area (Å²) in [7, 11) is 0. The minimum atomic E-state index is 0.861. The van der Waals surface area contributed by atoms with E-state index in [0.717, 1.165) is 25.4 Å². The fourth-order valence-corrected chi connectivity index (χ4v) is 1.52. The maximum absolute atomic E-state index is 4.00. The monoisotopic (exact) mass is 197 g/mol. The Morgan fingerprint density at radius 3 is 2.50 bits per heavy atom. The lowest BCUT2D eigenvalue weighted by molar-refractivity contribution is 0.426. The zero-order valence-electron chi connectivity index (χ0n) is 10.2. The number of rotatable bonds is 9. The highest BCUT2D eigenvalue weighted by molar-refractivity contribution is 4.94. The van der Waals surface area contributed by atoms with E-state index in [1.807, 2.05) is 0 Å². The molecule has 0 aromatic rings. The third kappa shape index (κ3) is 7.14. The highest BCUT2D eigenvalue weighted by Crippen LogP contribution is 2.11. The molecule has 1 atom stereocenters. The lowest BCUT2D eigenvalue weighted by Gasteiger charge is -2.15. The summed E-state index contributed by atoms with van der Waals surface area (Å²) in [5.41, 5.74) is 1.32. The molecule has 0 aliphatic rings. The van der Waals surface area contributed by atoms with E-state index < -0.39 is 0 Å². The van der Waals surface area contributed by atoms with Crippen LogP contribution in [0.25, 0.3) is 0 Å². The molecule has 0 saturated heterocycles. The van der Waals surface area contributed by atoms with Crippen LogP contribution in [0.5, 0.6) is 0 Å². The van der Waals surface area contributed by atoms with Gasteiger partial charge in [0.1, 0.15) is 0 Å². The van der Waals surface area contributed by atoms with Crippen molar-refractivity contribution < 1.29 is 0 Å². The van der Waals surface area contributed by atoms with Crippen LogP contribution in [0.4, 0.5) is 0 Å². The van der Waals surface area contributed by atoms with Gasteiger partial charge in [0, 0.05) is 6.54 Å². The first-order chi connectivity index (χ1) is 6.74. The molecule has 0 aliphatic heterocycles. The zero-order valence-corrected chi connectivity index (χ0v) is 10.2. The van der Waals surface area contributed by atoms with Crippen LogP contribution in [0.1, 0.15) is 52.9 Å². The molecule has 0 heterocycles. The molecule has 0 amide bonds. The van der Waals surface area contributed by atoms with Crippen LogP contribution in [0.15, 0.2) is 12.2 Å². The minimum absolute atomic E-state index is 0.861. The van der Waals surface area contributed by atoms with Crippen molar-refractivity contribution in [3.8, 4) is 0 Å². The molecular formula is C13H27N. The maximum Gasteiger partial charge on any atom is 0.0161 e. The Kier molecular flexibility index (Phi) is 9.06. The van der Waals surface area contributed by atoms with E-state index in [1.54, 1.807) is 0 Å². The molecule has 0 bridgehead atoms. The Hall–Kier alpha value is -0.300. The molecule has 0 spiro atoms. The summed E-state index contributed by atoms with van der Waals surface area (Å²) in [6, 6.07) is 0. The van der Waals surface area contributed by atoms with Gasteiger partial charge in [-0.2, -0.15) is 0 Å². The molecule has 1 unspecified atom stereocenters. The minimum Gasteiger partial charge on any atom is -0.313 e. The van der Waals surface area contributed by atoms with Gasteiger partial charge in [-0.25, -0.2) is 0 Å². The first-order valence-electron chi connectivity index (χ1n) is 6.11. The fourth-order valence-electron chi connectivity index (χ4n) is 1.52. The van der Waals surface area contributed by atoms with Crippen molar-refractivity contribution in [1.29, 1.82) is 0 Å². The van der Waals surface area contributed by atoms with Crippen molar-refractivity contribution in [3.05, 3.63) is 12.2 Å². The molecule has 1 N–H and O–H groups in total. The number of hydrogen-bond acceptors (Lipinski definition) is 1. The van der Waals surface area contributed by atoms with Gasteiger partial charge in [0.15, 0.2) is 0 Å². The molecule has 0 aromatic carbocycles. The molecular weight excluding hydrogens is 170 g/mol. The van der Waals surface area contributed by atoms with Gasteiger partial charge in [0.05, 0.1) is 0 Å². The van der Waals surface area contributed by atoms with Gasteiger partial charge < -0.3 is 5.32 Å². The van der Waals surface area contributed by atoms with Crippen molar-refractivity contribution in [2.75, 3.05) is 13.1 Å². The zero-order chi connectivity index (χ0) is 10.8. The largest absolute Gasteiger partial charge is 0.313 e. The van der Waals surface area contributed by atoms with Crippen LogP contribution in [0.2, 0.25) is 0 Å². The van der Waals surface area contributed by atoms with Gasteiger partial charge in [-0.1, -0.05) is 52.2 Å². The normalized spacial score (nSPS) is 12.8. The third-order valence-corrected chi connectivity index (χ3v) is 2.85. The second-order valence-electron chi connectivity index (χ2n) is 4.15. The van der Waals surface area contributed by atoms with Crippen LogP contribution >= 0.6 is 0 Å². The van der Waals surface area contributed by atoms with Gasteiger partial charge in [0.25, 0.3) is 0 Å². The van der Waals surface area contributed by atoms with Crippen LogP contribution in [-0.2, 0) is 0 Å². The summed E-state index contributed by atoms with van der Waals surface area (Å²) in [6.45, 7) is 12.9. The molecule has 14 heavy (non-hydrogen) atoms. The smallest absolute Gasteiger partial charge is 0.0161 e. The molecule has 1 heteroatoms. The van der Waals surface area contributed by atoms with Crippen molar-refractivity contribution in [2.24, 2.45) is 5.92 Å². The predicted molar refractivity (Wildman–Crippen MR) is 65.6 cm³/mol. The Bertz CT molecular complexity index is 140. The Morgan fingerprint density at radius 2 is 2.00 bits per heavy atom. The number of hydrogen-bond donors (Lipinski definition) is 1. The molecule has 0 aromatic heterocycles.